The van der Waals surface area contributed by atoms with Crippen molar-refractivity contribution in [2.24, 2.45) is 0 Å². The molecule has 21 heavy (non-hydrogen) atoms. The van der Waals surface area contributed by atoms with E-state index in [2.05, 4.69) is 9.72 Å². The Bertz CT molecular complexity index is 655. The lowest BCUT2D eigenvalue weighted by molar-refractivity contribution is 0.0600. The van der Waals surface area contributed by atoms with E-state index in [1.807, 2.05) is 0 Å². The van der Waals surface area contributed by atoms with Gasteiger partial charge in [-0.15, -0.1) is 0 Å². The summed E-state index contributed by atoms with van der Waals surface area (Å²) in [7, 11) is 1.31. The molecule has 0 aliphatic rings. The predicted octanol–water partition coefficient (Wildman–Crippen LogP) is 2.91. The maximum absolute atomic E-state index is 11.3. The van der Waals surface area contributed by atoms with Crippen LogP contribution in [0.3, 0.4) is 0 Å². The predicted molar refractivity (Wildman–Crippen MR) is 76.7 cm³/mol. The molecule has 0 amide bonds. The van der Waals surface area contributed by atoms with Gasteiger partial charge in [-0.05, 0) is 24.3 Å². The van der Waals surface area contributed by atoms with Gasteiger partial charge in [-0.2, -0.15) is 0 Å². The second kappa shape index (κ2) is 6.85. The average molecular weight is 306 g/mol. The molecule has 0 aliphatic carbocycles. The first-order valence-electron chi connectivity index (χ1n) is 6.05. The van der Waals surface area contributed by atoms with Gasteiger partial charge in [0.25, 0.3) is 0 Å². The first-order chi connectivity index (χ1) is 10.2. The Morgan fingerprint density at radius 2 is 2.14 bits per heavy atom. The standard InChI is InChI=1S/C15H12ClNO4/c1-20-15(19)10-5-6-11(17-7-10)9-21-14-4-2-3-13(16)12(14)8-18/h2-8H,9H2,1H3. The summed E-state index contributed by atoms with van der Waals surface area (Å²) in [5.74, 6) is -0.0654. The number of aldehydes is 1. The minimum atomic E-state index is -0.451. The normalized spacial score (nSPS) is 10.0. The number of pyridine rings is 1. The van der Waals surface area contributed by atoms with Gasteiger partial charge in [-0.1, -0.05) is 17.7 Å². The molecule has 108 valence electrons. The van der Waals surface area contributed by atoms with Gasteiger partial charge in [0.15, 0.2) is 6.29 Å². The molecule has 0 saturated heterocycles. The first-order valence-corrected chi connectivity index (χ1v) is 6.43. The Hall–Kier alpha value is -2.40. The first kappa shape index (κ1) is 15.0. The van der Waals surface area contributed by atoms with Crippen LogP contribution in [0.1, 0.15) is 26.4 Å². The molecule has 0 aliphatic heterocycles. The number of esters is 1. The van der Waals surface area contributed by atoms with E-state index in [-0.39, 0.29) is 6.61 Å². The maximum Gasteiger partial charge on any atom is 0.339 e. The zero-order chi connectivity index (χ0) is 15.2. The fourth-order valence-corrected chi connectivity index (χ4v) is 1.87. The van der Waals surface area contributed by atoms with Gasteiger partial charge in [-0.25, -0.2) is 4.79 Å². The number of benzene rings is 1. The zero-order valence-corrected chi connectivity index (χ0v) is 12.0. The van der Waals surface area contributed by atoms with E-state index in [0.717, 1.165) is 0 Å². The Labute approximate surface area is 126 Å². The molecular formula is C15H12ClNO4. The van der Waals surface area contributed by atoms with Gasteiger partial charge in [0.1, 0.15) is 12.4 Å². The van der Waals surface area contributed by atoms with Crippen LogP contribution in [-0.2, 0) is 11.3 Å². The van der Waals surface area contributed by atoms with Crippen LogP contribution < -0.4 is 4.74 Å². The third kappa shape index (κ3) is 3.58. The summed E-state index contributed by atoms with van der Waals surface area (Å²) in [6.07, 6.45) is 2.05. The third-order valence-corrected chi connectivity index (χ3v) is 3.08. The quantitative estimate of drug-likeness (QED) is 0.627. The van der Waals surface area contributed by atoms with Crippen molar-refractivity contribution < 1.29 is 19.1 Å². The van der Waals surface area contributed by atoms with E-state index in [4.69, 9.17) is 16.3 Å². The van der Waals surface area contributed by atoms with Crippen LogP contribution in [0.2, 0.25) is 5.02 Å². The van der Waals surface area contributed by atoms with Gasteiger partial charge >= 0.3 is 5.97 Å². The number of ether oxygens (including phenoxy) is 2. The summed E-state index contributed by atoms with van der Waals surface area (Å²) in [4.78, 5) is 26.4. The summed E-state index contributed by atoms with van der Waals surface area (Å²) in [5.41, 5.74) is 1.27. The van der Waals surface area contributed by atoms with Crippen molar-refractivity contribution in [3.8, 4) is 5.75 Å². The highest BCUT2D eigenvalue weighted by molar-refractivity contribution is 6.33. The largest absolute Gasteiger partial charge is 0.486 e. The Morgan fingerprint density at radius 3 is 2.76 bits per heavy atom. The number of hydrogen-bond acceptors (Lipinski definition) is 5. The van der Waals surface area contributed by atoms with Crippen LogP contribution in [0.4, 0.5) is 0 Å². The summed E-state index contributed by atoms with van der Waals surface area (Å²) >= 11 is 5.90. The summed E-state index contributed by atoms with van der Waals surface area (Å²) in [6, 6.07) is 8.20. The van der Waals surface area contributed by atoms with E-state index in [9.17, 15) is 9.59 Å². The summed E-state index contributed by atoms with van der Waals surface area (Å²) in [5, 5.41) is 0.330. The van der Waals surface area contributed by atoms with E-state index in [1.165, 1.54) is 13.3 Å². The number of aromatic nitrogens is 1. The molecule has 6 heteroatoms. The third-order valence-electron chi connectivity index (χ3n) is 2.75. The number of methoxy groups -OCH3 is 1. The fourth-order valence-electron chi connectivity index (χ4n) is 1.66. The molecule has 0 saturated carbocycles. The number of carbonyl (C=O) groups excluding carboxylic acids is 2. The van der Waals surface area contributed by atoms with Crippen LogP contribution in [0, 0.1) is 0 Å². The molecule has 0 N–H and O–H groups in total. The average Bonchev–Trinajstić information content (AvgIpc) is 2.52. The zero-order valence-electron chi connectivity index (χ0n) is 11.2. The lowest BCUT2D eigenvalue weighted by Gasteiger charge is -2.09. The van der Waals surface area contributed by atoms with Crippen molar-refractivity contribution in [1.29, 1.82) is 0 Å². The van der Waals surface area contributed by atoms with Gasteiger partial charge in [-0.3, -0.25) is 9.78 Å². The molecule has 1 aromatic carbocycles. The fraction of sp³-hybridized carbons (Fsp3) is 0.133. The number of halogens is 1. The van der Waals surface area contributed by atoms with E-state index < -0.39 is 5.97 Å². The molecule has 0 unspecified atom stereocenters. The Balaban J connectivity index is 2.08. The Morgan fingerprint density at radius 1 is 1.33 bits per heavy atom. The highest BCUT2D eigenvalue weighted by atomic mass is 35.5. The molecule has 1 aromatic heterocycles. The summed E-state index contributed by atoms with van der Waals surface area (Å²) in [6.45, 7) is 0.155. The molecule has 0 bridgehead atoms. The van der Waals surface area contributed by atoms with Crippen molar-refractivity contribution in [2.75, 3.05) is 7.11 Å². The molecule has 2 rings (SSSR count). The summed E-state index contributed by atoms with van der Waals surface area (Å²) < 4.78 is 10.1. The lowest BCUT2D eigenvalue weighted by atomic mass is 10.2. The van der Waals surface area contributed by atoms with Crippen LogP contribution in [-0.4, -0.2) is 24.3 Å². The monoisotopic (exact) mass is 305 g/mol. The van der Waals surface area contributed by atoms with Gasteiger partial charge < -0.3 is 9.47 Å². The van der Waals surface area contributed by atoms with Gasteiger partial charge in [0.2, 0.25) is 0 Å². The molecule has 0 radical (unpaired) electrons. The highest BCUT2D eigenvalue weighted by Gasteiger charge is 2.09. The number of nitrogens with zero attached hydrogens (tertiary/aromatic N) is 1. The van der Waals surface area contributed by atoms with Crippen molar-refractivity contribution in [1.82, 2.24) is 4.98 Å². The minimum absolute atomic E-state index is 0.155. The van der Waals surface area contributed by atoms with E-state index >= 15 is 0 Å². The minimum Gasteiger partial charge on any atom is -0.486 e. The molecule has 5 nitrogen and oxygen atoms in total. The number of hydrogen-bond donors (Lipinski definition) is 0. The molecule has 0 spiro atoms. The SMILES string of the molecule is COC(=O)c1ccc(COc2cccc(Cl)c2C=O)nc1. The molecule has 0 atom stereocenters. The van der Waals surface area contributed by atoms with Crippen molar-refractivity contribution in [3.63, 3.8) is 0 Å². The van der Waals surface area contributed by atoms with Gasteiger partial charge in [0, 0.05) is 6.20 Å². The number of rotatable bonds is 5. The second-order valence-corrected chi connectivity index (χ2v) is 4.50. The lowest BCUT2D eigenvalue weighted by Crippen LogP contribution is -2.04. The van der Waals surface area contributed by atoms with E-state index in [0.29, 0.717) is 33.9 Å². The van der Waals surface area contributed by atoms with Crippen LogP contribution >= 0.6 is 11.6 Å². The smallest absolute Gasteiger partial charge is 0.339 e. The van der Waals surface area contributed by atoms with Crippen molar-refractivity contribution in [2.45, 2.75) is 6.61 Å². The second-order valence-electron chi connectivity index (χ2n) is 4.09. The Kier molecular flexibility index (Phi) is 4.90. The van der Waals surface area contributed by atoms with Crippen molar-refractivity contribution in [3.05, 3.63) is 58.4 Å². The van der Waals surface area contributed by atoms with Crippen LogP contribution in [0.25, 0.3) is 0 Å². The highest BCUT2D eigenvalue weighted by Crippen LogP contribution is 2.25. The van der Waals surface area contributed by atoms with Crippen LogP contribution in [0.5, 0.6) is 5.75 Å². The molecule has 1 heterocycles. The van der Waals surface area contributed by atoms with E-state index in [1.54, 1.807) is 30.3 Å². The molecule has 2 aromatic rings. The molecule has 0 fully saturated rings. The number of carbonyl (C=O) groups is 2. The van der Waals surface area contributed by atoms with Crippen LogP contribution in [0.15, 0.2) is 36.5 Å². The maximum atomic E-state index is 11.3. The van der Waals surface area contributed by atoms with Gasteiger partial charge in [0.05, 0.1) is 29.0 Å². The molecular weight excluding hydrogens is 294 g/mol. The topological polar surface area (TPSA) is 65.5 Å². The van der Waals surface area contributed by atoms with Crippen molar-refractivity contribution >= 4 is 23.9 Å².